The van der Waals surface area contributed by atoms with Crippen LogP contribution >= 0.6 is 34.9 Å². The molecular weight excluding hydrogens is 412 g/mol. The van der Waals surface area contributed by atoms with E-state index in [4.69, 9.17) is 0 Å². The number of para-hydroxylation sites is 1. The Morgan fingerprint density at radius 1 is 0.964 bits per heavy atom. The van der Waals surface area contributed by atoms with Crippen molar-refractivity contribution < 1.29 is 9.59 Å². The number of amides is 2. The zero-order chi connectivity index (χ0) is 20.4. The van der Waals surface area contributed by atoms with Gasteiger partial charge in [-0.2, -0.15) is 0 Å². The van der Waals surface area contributed by atoms with Crippen LogP contribution in [0.4, 0.5) is 5.69 Å². The number of hydrogen-bond donors (Lipinski definition) is 2. The molecule has 0 saturated carbocycles. The minimum absolute atomic E-state index is 0.00283. The summed E-state index contributed by atoms with van der Waals surface area (Å²) in [5.74, 6) is 0.547. The van der Waals surface area contributed by atoms with Crippen LogP contribution in [0.3, 0.4) is 0 Å². The van der Waals surface area contributed by atoms with E-state index in [-0.39, 0.29) is 17.6 Å². The maximum atomic E-state index is 12.4. The standard InChI is InChI=1S/C19H26N4O2S3/c1-4-10-20-15(24)11-26-18-22-23-19(28-18)27-12-16(25)21-17-13(5-2)8-7-9-14(17)6-3/h7-9H,4-6,10-12H2,1-3H3,(H,20,24)(H,21,25). The number of hydrogen-bond acceptors (Lipinski definition) is 7. The molecule has 2 aromatic rings. The molecule has 0 fully saturated rings. The smallest absolute Gasteiger partial charge is 0.234 e. The van der Waals surface area contributed by atoms with Gasteiger partial charge in [0.05, 0.1) is 11.5 Å². The molecule has 2 rings (SSSR count). The average Bonchev–Trinajstić information content (AvgIpc) is 3.17. The maximum Gasteiger partial charge on any atom is 0.234 e. The van der Waals surface area contributed by atoms with Crippen LogP contribution in [0, 0.1) is 0 Å². The van der Waals surface area contributed by atoms with Crippen molar-refractivity contribution in [1.82, 2.24) is 15.5 Å². The monoisotopic (exact) mass is 438 g/mol. The summed E-state index contributed by atoms with van der Waals surface area (Å²) in [4.78, 5) is 24.1. The van der Waals surface area contributed by atoms with Gasteiger partial charge in [-0.25, -0.2) is 0 Å². The van der Waals surface area contributed by atoms with Crippen LogP contribution in [0.15, 0.2) is 26.9 Å². The third kappa shape index (κ3) is 7.10. The number of anilines is 1. The van der Waals surface area contributed by atoms with E-state index in [1.807, 2.05) is 25.1 Å². The lowest BCUT2D eigenvalue weighted by molar-refractivity contribution is -0.118. The number of benzene rings is 1. The Bertz CT molecular complexity index is 773. The molecule has 0 bridgehead atoms. The normalized spacial score (nSPS) is 10.7. The first-order chi connectivity index (χ1) is 13.6. The number of nitrogens with one attached hydrogen (secondary N) is 2. The molecular formula is C19H26N4O2S3. The van der Waals surface area contributed by atoms with Gasteiger partial charge in [0, 0.05) is 12.2 Å². The molecule has 6 nitrogen and oxygen atoms in total. The van der Waals surface area contributed by atoms with Gasteiger partial charge in [-0.05, 0) is 30.4 Å². The van der Waals surface area contributed by atoms with Gasteiger partial charge in [-0.3, -0.25) is 9.59 Å². The largest absolute Gasteiger partial charge is 0.355 e. The quantitative estimate of drug-likeness (QED) is 0.516. The highest BCUT2D eigenvalue weighted by Crippen LogP contribution is 2.29. The van der Waals surface area contributed by atoms with Crippen LogP contribution in [0.25, 0.3) is 0 Å². The van der Waals surface area contributed by atoms with Crippen LogP contribution < -0.4 is 10.6 Å². The molecule has 2 N–H and O–H groups in total. The summed E-state index contributed by atoms with van der Waals surface area (Å²) < 4.78 is 1.46. The van der Waals surface area contributed by atoms with Gasteiger partial charge >= 0.3 is 0 Å². The number of thioether (sulfide) groups is 2. The van der Waals surface area contributed by atoms with E-state index in [1.54, 1.807) is 0 Å². The van der Waals surface area contributed by atoms with E-state index < -0.39 is 0 Å². The lowest BCUT2D eigenvalue weighted by atomic mass is 10.0. The fourth-order valence-electron chi connectivity index (χ4n) is 2.46. The number of rotatable bonds is 11. The molecule has 9 heteroatoms. The third-order valence-electron chi connectivity index (χ3n) is 3.88. The lowest BCUT2D eigenvalue weighted by Gasteiger charge is -2.14. The van der Waals surface area contributed by atoms with Gasteiger partial charge in [0.15, 0.2) is 8.68 Å². The summed E-state index contributed by atoms with van der Waals surface area (Å²) in [6.07, 6.45) is 2.67. The van der Waals surface area contributed by atoms with Crippen molar-refractivity contribution in [3.63, 3.8) is 0 Å². The van der Waals surface area contributed by atoms with Crippen molar-refractivity contribution in [2.24, 2.45) is 0 Å². The molecule has 0 radical (unpaired) electrons. The van der Waals surface area contributed by atoms with Crippen LogP contribution in [0.2, 0.25) is 0 Å². The van der Waals surface area contributed by atoms with Crippen molar-refractivity contribution in [2.45, 2.75) is 48.7 Å². The van der Waals surface area contributed by atoms with Gasteiger partial charge < -0.3 is 10.6 Å². The number of carbonyl (C=O) groups excluding carboxylic acids is 2. The van der Waals surface area contributed by atoms with Crippen molar-refractivity contribution >= 4 is 52.4 Å². The molecule has 0 unspecified atom stereocenters. The second-order valence-electron chi connectivity index (χ2n) is 5.97. The van der Waals surface area contributed by atoms with Crippen molar-refractivity contribution in [3.8, 4) is 0 Å². The Morgan fingerprint density at radius 3 is 2.07 bits per heavy atom. The second kappa shape index (κ2) is 12.1. The summed E-state index contributed by atoms with van der Waals surface area (Å²) in [5, 5.41) is 14.1. The fraction of sp³-hybridized carbons (Fsp3) is 0.474. The number of carbonyl (C=O) groups is 2. The van der Waals surface area contributed by atoms with Crippen LogP contribution in [-0.4, -0.2) is 40.1 Å². The maximum absolute atomic E-state index is 12.4. The van der Waals surface area contributed by atoms with Crippen LogP contribution in [-0.2, 0) is 22.4 Å². The molecule has 0 aliphatic carbocycles. The zero-order valence-corrected chi connectivity index (χ0v) is 18.9. The Labute approximate surface area is 178 Å². The molecule has 1 heterocycles. The molecule has 0 aliphatic rings. The van der Waals surface area contributed by atoms with Gasteiger partial charge in [0.25, 0.3) is 0 Å². The summed E-state index contributed by atoms with van der Waals surface area (Å²) in [6, 6.07) is 6.13. The van der Waals surface area contributed by atoms with Crippen LogP contribution in [0.1, 0.15) is 38.3 Å². The first-order valence-electron chi connectivity index (χ1n) is 9.33. The molecule has 0 aliphatic heterocycles. The second-order valence-corrected chi connectivity index (χ2v) is 9.39. The molecule has 1 aromatic heterocycles. The highest BCUT2D eigenvalue weighted by molar-refractivity contribution is 8.03. The molecule has 0 atom stereocenters. The third-order valence-corrected chi connectivity index (χ3v) is 7.07. The van der Waals surface area contributed by atoms with Crippen molar-refractivity contribution in [1.29, 1.82) is 0 Å². The van der Waals surface area contributed by atoms with E-state index in [0.717, 1.165) is 44.8 Å². The van der Waals surface area contributed by atoms with Crippen molar-refractivity contribution in [2.75, 3.05) is 23.4 Å². The molecule has 28 heavy (non-hydrogen) atoms. The number of nitrogens with zero attached hydrogens (tertiary/aromatic N) is 2. The molecule has 152 valence electrons. The average molecular weight is 439 g/mol. The molecule has 0 saturated heterocycles. The highest BCUT2D eigenvalue weighted by Gasteiger charge is 2.13. The van der Waals surface area contributed by atoms with Gasteiger partial charge in [0.2, 0.25) is 11.8 Å². The number of aromatic nitrogens is 2. The molecule has 2 amide bonds. The first-order valence-corrected chi connectivity index (χ1v) is 12.1. The molecule has 0 spiro atoms. The lowest BCUT2D eigenvalue weighted by Crippen LogP contribution is -2.25. The van der Waals surface area contributed by atoms with Crippen molar-refractivity contribution in [3.05, 3.63) is 29.3 Å². The predicted octanol–water partition coefficient (Wildman–Crippen LogP) is 4.01. The summed E-state index contributed by atoms with van der Waals surface area (Å²) >= 11 is 4.13. The van der Waals surface area contributed by atoms with E-state index in [2.05, 4.69) is 34.7 Å². The fourth-order valence-corrected chi connectivity index (χ4v) is 5.11. The first kappa shape index (κ1) is 22.7. The van der Waals surface area contributed by atoms with E-state index >= 15 is 0 Å². The molecule has 1 aromatic carbocycles. The van der Waals surface area contributed by atoms with Crippen LogP contribution in [0.5, 0.6) is 0 Å². The minimum Gasteiger partial charge on any atom is -0.355 e. The van der Waals surface area contributed by atoms with Gasteiger partial charge in [-0.15, -0.1) is 10.2 Å². The van der Waals surface area contributed by atoms with E-state index in [1.165, 1.54) is 34.9 Å². The van der Waals surface area contributed by atoms with Gasteiger partial charge in [0.1, 0.15) is 0 Å². The van der Waals surface area contributed by atoms with E-state index in [9.17, 15) is 9.59 Å². The summed E-state index contributed by atoms with van der Waals surface area (Å²) in [7, 11) is 0. The highest BCUT2D eigenvalue weighted by atomic mass is 32.2. The predicted molar refractivity (Wildman–Crippen MR) is 118 cm³/mol. The zero-order valence-electron chi connectivity index (χ0n) is 16.4. The Hall–Kier alpha value is -1.58. The SMILES string of the molecule is CCCNC(=O)CSc1nnc(SCC(=O)Nc2c(CC)cccc2CC)s1. The van der Waals surface area contributed by atoms with E-state index in [0.29, 0.717) is 12.3 Å². The summed E-state index contributed by atoms with van der Waals surface area (Å²) in [5.41, 5.74) is 3.23. The summed E-state index contributed by atoms with van der Waals surface area (Å²) in [6.45, 7) is 6.87. The number of aryl methyl sites for hydroxylation is 2. The Kier molecular flexibility index (Phi) is 9.80. The minimum atomic E-state index is -0.0519. The Morgan fingerprint density at radius 2 is 1.54 bits per heavy atom. The topological polar surface area (TPSA) is 84.0 Å². The van der Waals surface area contributed by atoms with Gasteiger partial charge in [-0.1, -0.05) is 73.8 Å². The Balaban J connectivity index is 1.84.